The highest BCUT2D eigenvalue weighted by atomic mass is 127. The Morgan fingerprint density at radius 1 is 1.46 bits per heavy atom. The van der Waals surface area contributed by atoms with Gasteiger partial charge < -0.3 is 10.1 Å². The maximum atomic E-state index is 5.53. The summed E-state index contributed by atoms with van der Waals surface area (Å²) in [4.78, 5) is 4.14. The molecule has 5 heteroatoms. The van der Waals surface area contributed by atoms with Gasteiger partial charge in [-0.2, -0.15) is 0 Å². The van der Waals surface area contributed by atoms with Crippen molar-refractivity contribution in [3.8, 4) is 5.88 Å². The van der Waals surface area contributed by atoms with Crippen molar-refractivity contribution < 1.29 is 4.74 Å². The fourth-order valence-corrected chi connectivity index (χ4v) is 1.27. The minimum Gasteiger partial charge on any atom is -0.472 e. The molecule has 0 radical (unpaired) electrons. The van der Waals surface area contributed by atoms with Crippen LogP contribution in [0.4, 0.5) is 0 Å². The lowest BCUT2D eigenvalue weighted by Crippen LogP contribution is -2.50. The van der Waals surface area contributed by atoms with Crippen molar-refractivity contribution >= 4 is 35.0 Å². The van der Waals surface area contributed by atoms with Gasteiger partial charge in [0, 0.05) is 28.9 Å². The molecule has 1 aromatic heterocycles. The highest BCUT2D eigenvalue weighted by Gasteiger charge is 2.18. The minimum atomic E-state index is 0. The number of hydrogen-bond donors (Lipinski definition) is 1. The van der Waals surface area contributed by atoms with Crippen LogP contribution in [0.15, 0.2) is 18.3 Å². The Morgan fingerprint density at radius 2 is 2.23 bits per heavy atom. The molecule has 1 saturated heterocycles. The Bertz CT molecular complexity index is 263. The molecular formula is C8H10ClIN2O. The molecule has 2 rings (SSSR count). The van der Waals surface area contributed by atoms with Crippen LogP contribution in [0.3, 0.4) is 0 Å². The lowest BCUT2D eigenvalue weighted by Gasteiger charge is -2.27. The van der Waals surface area contributed by atoms with Crippen molar-refractivity contribution in [3.63, 3.8) is 0 Å². The number of aromatic nitrogens is 1. The third kappa shape index (κ3) is 2.96. The molecule has 2 heterocycles. The molecule has 13 heavy (non-hydrogen) atoms. The zero-order valence-corrected chi connectivity index (χ0v) is 9.84. The second kappa shape index (κ2) is 4.97. The van der Waals surface area contributed by atoms with E-state index in [1.807, 2.05) is 18.3 Å². The smallest absolute Gasteiger partial charge is 0.213 e. The highest BCUT2D eigenvalue weighted by Crippen LogP contribution is 2.11. The monoisotopic (exact) mass is 312 g/mol. The van der Waals surface area contributed by atoms with Gasteiger partial charge in [-0.3, -0.25) is 0 Å². The van der Waals surface area contributed by atoms with Crippen molar-refractivity contribution in [1.29, 1.82) is 0 Å². The van der Waals surface area contributed by atoms with E-state index >= 15 is 0 Å². The first-order valence-corrected chi connectivity index (χ1v) is 4.91. The largest absolute Gasteiger partial charge is 0.472 e. The van der Waals surface area contributed by atoms with Crippen molar-refractivity contribution in [2.75, 3.05) is 13.1 Å². The Hall–Kier alpha value is -0.0700. The van der Waals surface area contributed by atoms with Crippen LogP contribution in [-0.2, 0) is 0 Å². The predicted molar refractivity (Wildman–Crippen MR) is 61.5 cm³/mol. The second-order valence-electron chi connectivity index (χ2n) is 2.71. The van der Waals surface area contributed by atoms with E-state index in [0.717, 1.165) is 22.5 Å². The third-order valence-corrected chi connectivity index (χ3v) is 2.37. The van der Waals surface area contributed by atoms with Crippen molar-refractivity contribution in [1.82, 2.24) is 10.3 Å². The molecule has 1 aliphatic heterocycles. The van der Waals surface area contributed by atoms with Crippen LogP contribution in [0, 0.1) is 3.57 Å². The average Bonchev–Trinajstić information content (AvgIpc) is 2.00. The molecule has 3 nitrogen and oxygen atoms in total. The summed E-state index contributed by atoms with van der Waals surface area (Å²) in [5.41, 5.74) is 0. The summed E-state index contributed by atoms with van der Waals surface area (Å²) in [6.45, 7) is 1.88. The van der Waals surface area contributed by atoms with Crippen LogP contribution in [0.25, 0.3) is 0 Å². The number of nitrogens with one attached hydrogen (secondary N) is 1. The van der Waals surface area contributed by atoms with Gasteiger partial charge >= 0.3 is 0 Å². The summed E-state index contributed by atoms with van der Waals surface area (Å²) in [7, 11) is 0. The average molecular weight is 313 g/mol. The summed E-state index contributed by atoms with van der Waals surface area (Å²) >= 11 is 2.22. The molecule has 1 fully saturated rings. The van der Waals surface area contributed by atoms with Crippen LogP contribution < -0.4 is 10.1 Å². The number of ether oxygens (including phenoxy) is 1. The van der Waals surface area contributed by atoms with Crippen molar-refractivity contribution in [2.24, 2.45) is 0 Å². The van der Waals surface area contributed by atoms with Crippen LogP contribution in [0.2, 0.25) is 0 Å². The summed E-state index contributed by atoms with van der Waals surface area (Å²) in [5.74, 6) is 0.724. The number of nitrogens with zero attached hydrogens (tertiary/aromatic N) is 1. The molecule has 0 aliphatic carbocycles. The fraction of sp³-hybridized carbons (Fsp3) is 0.375. The van der Waals surface area contributed by atoms with Gasteiger partial charge in [0.15, 0.2) is 0 Å². The number of hydrogen-bond acceptors (Lipinski definition) is 3. The maximum absolute atomic E-state index is 5.53. The van der Waals surface area contributed by atoms with Gasteiger partial charge in [0.25, 0.3) is 0 Å². The molecule has 0 saturated carbocycles. The Morgan fingerprint density at radius 3 is 2.69 bits per heavy atom. The minimum absolute atomic E-state index is 0. The van der Waals surface area contributed by atoms with Gasteiger partial charge in [0.2, 0.25) is 5.88 Å². The summed E-state index contributed by atoms with van der Waals surface area (Å²) in [5, 5.41) is 3.14. The molecule has 0 unspecified atom stereocenters. The first-order valence-electron chi connectivity index (χ1n) is 3.83. The quantitative estimate of drug-likeness (QED) is 0.840. The summed E-state index contributed by atoms with van der Waals surface area (Å²) < 4.78 is 6.66. The topological polar surface area (TPSA) is 34.1 Å². The molecule has 0 spiro atoms. The highest BCUT2D eigenvalue weighted by molar-refractivity contribution is 14.1. The van der Waals surface area contributed by atoms with Gasteiger partial charge in [0.05, 0.1) is 0 Å². The molecule has 1 aliphatic rings. The Kier molecular flexibility index (Phi) is 4.21. The van der Waals surface area contributed by atoms with Crippen LogP contribution in [0.5, 0.6) is 5.88 Å². The zero-order chi connectivity index (χ0) is 8.39. The lowest BCUT2D eigenvalue weighted by molar-refractivity contribution is 0.136. The maximum Gasteiger partial charge on any atom is 0.213 e. The van der Waals surface area contributed by atoms with Crippen LogP contribution in [-0.4, -0.2) is 24.2 Å². The number of halogens is 2. The Balaban J connectivity index is 0.000000845. The molecule has 1 aromatic rings. The normalized spacial score (nSPS) is 15.8. The number of pyridine rings is 1. The van der Waals surface area contributed by atoms with Crippen molar-refractivity contribution in [2.45, 2.75) is 6.10 Å². The van der Waals surface area contributed by atoms with Crippen LogP contribution in [0.1, 0.15) is 0 Å². The zero-order valence-electron chi connectivity index (χ0n) is 6.87. The molecular weight excluding hydrogens is 302 g/mol. The molecule has 1 N–H and O–H groups in total. The molecule has 72 valence electrons. The molecule has 0 amide bonds. The standard InChI is InChI=1S/C8H9IN2O.ClH/c9-6-1-2-8(11-3-6)12-7-4-10-5-7;/h1-3,7,10H,4-5H2;1H. The van der Waals surface area contributed by atoms with Gasteiger partial charge in [-0.1, -0.05) is 0 Å². The van der Waals surface area contributed by atoms with E-state index in [2.05, 4.69) is 32.9 Å². The van der Waals surface area contributed by atoms with E-state index in [1.165, 1.54) is 0 Å². The lowest BCUT2D eigenvalue weighted by atomic mass is 10.2. The predicted octanol–water partition coefficient (Wildman–Crippen LogP) is 1.46. The first-order chi connectivity index (χ1) is 5.84. The molecule has 0 bridgehead atoms. The summed E-state index contributed by atoms with van der Waals surface area (Å²) in [6, 6.07) is 3.90. The second-order valence-corrected chi connectivity index (χ2v) is 3.96. The van der Waals surface area contributed by atoms with Gasteiger partial charge in [-0.05, 0) is 28.7 Å². The van der Waals surface area contributed by atoms with E-state index in [1.54, 1.807) is 0 Å². The summed E-state index contributed by atoms with van der Waals surface area (Å²) in [6.07, 6.45) is 2.12. The van der Waals surface area contributed by atoms with Gasteiger partial charge in [-0.25, -0.2) is 4.98 Å². The number of rotatable bonds is 2. The van der Waals surface area contributed by atoms with Crippen LogP contribution >= 0.6 is 35.0 Å². The van der Waals surface area contributed by atoms with E-state index < -0.39 is 0 Å². The van der Waals surface area contributed by atoms with Gasteiger partial charge in [0.1, 0.15) is 6.10 Å². The SMILES string of the molecule is Cl.Ic1ccc(OC2CNC2)nc1. The van der Waals surface area contributed by atoms with Gasteiger partial charge in [-0.15, -0.1) is 12.4 Å². The van der Waals surface area contributed by atoms with E-state index in [4.69, 9.17) is 4.74 Å². The van der Waals surface area contributed by atoms with E-state index in [9.17, 15) is 0 Å². The molecule has 0 atom stereocenters. The molecule has 0 aromatic carbocycles. The third-order valence-electron chi connectivity index (χ3n) is 1.73. The van der Waals surface area contributed by atoms with Crippen molar-refractivity contribution in [3.05, 3.63) is 21.9 Å². The Labute approximate surface area is 96.8 Å². The van der Waals surface area contributed by atoms with E-state index in [-0.39, 0.29) is 12.4 Å². The fourth-order valence-electron chi connectivity index (χ4n) is 0.948. The first kappa shape index (κ1) is 11.0. The van der Waals surface area contributed by atoms with E-state index in [0.29, 0.717) is 6.10 Å².